The zero-order valence-electron chi connectivity index (χ0n) is 18.1. The summed E-state index contributed by atoms with van der Waals surface area (Å²) >= 11 is 2.03. The fourth-order valence-electron chi connectivity index (χ4n) is 3.32. The second-order valence-corrected chi connectivity index (χ2v) is 8.22. The number of nitrogens with zero attached hydrogens (tertiary/aromatic N) is 2. The van der Waals surface area contributed by atoms with Crippen LogP contribution in [0.3, 0.4) is 0 Å². The first-order valence-electron chi connectivity index (χ1n) is 10.4. The molecule has 2 N–H and O–H groups in total. The summed E-state index contributed by atoms with van der Waals surface area (Å²) < 4.78 is 10.8. The highest BCUT2D eigenvalue weighted by Crippen LogP contribution is 2.24. The third-order valence-electron chi connectivity index (χ3n) is 5.02. The van der Waals surface area contributed by atoms with Crippen LogP contribution in [0.5, 0.6) is 11.5 Å². The van der Waals surface area contributed by atoms with Crippen LogP contribution in [-0.2, 0) is 13.1 Å². The fourth-order valence-corrected chi connectivity index (χ4v) is 4.23. The summed E-state index contributed by atoms with van der Waals surface area (Å²) in [6.45, 7) is 6.38. The monoisotopic (exact) mass is 428 g/mol. The Hall–Kier alpha value is -2.54. The van der Waals surface area contributed by atoms with E-state index in [2.05, 4.69) is 46.7 Å². The largest absolute Gasteiger partial charge is 0.497 e. The maximum Gasteiger partial charge on any atom is 0.191 e. The molecule has 0 unspecified atom stereocenters. The molecule has 0 aromatic heterocycles. The Balaban J connectivity index is 1.60. The van der Waals surface area contributed by atoms with Crippen molar-refractivity contribution in [1.29, 1.82) is 0 Å². The molecule has 1 aliphatic heterocycles. The van der Waals surface area contributed by atoms with E-state index in [-0.39, 0.29) is 0 Å². The van der Waals surface area contributed by atoms with E-state index in [9.17, 15) is 0 Å². The molecule has 1 aliphatic rings. The van der Waals surface area contributed by atoms with Gasteiger partial charge in [0.25, 0.3) is 0 Å². The van der Waals surface area contributed by atoms with Crippen LogP contribution in [0.15, 0.2) is 47.5 Å². The van der Waals surface area contributed by atoms with Crippen molar-refractivity contribution in [3.8, 4) is 11.5 Å². The van der Waals surface area contributed by atoms with Gasteiger partial charge in [-0.25, -0.2) is 4.99 Å². The van der Waals surface area contributed by atoms with Crippen molar-refractivity contribution >= 4 is 23.4 Å². The first kappa shape index (κ1) is 22.2. The van der Waals surface area contributed by atoms with Gasteiger partial charge in [-0.3, -0.25) is 0 Å². The van der Waals surface area contributed by atoms with E-state index >= 15 is 0 Å². The van der Waals surface area contributed by atoms with Gasteiger partial charge in [0.05, 0.1) is 20.8 Å². The van der Waals surface area contributed by atoms with E-state index in [0.29, 0.717) is 13.1 Å². The quantitative estimate of drug-likeness (QED) is 0.496. The SMILES string of the molecule is CCNC(=NCc1ccc(N2CCSCC2)cc1)NCc1ccc(OC)cc1OC. The molecule has 162 valence electrons. The van der Waals surface area contributed by atoms with Gasteiger partial charge in [-0.2, -0.15) is 11.8 Å². The van der Waals surface area contributed by atoms with Gasteiger partial charge in [-0.1, -0.05) is 12.1 Å². The van der Waals surface area contributed by atoms with Crippen molar-refractivity contribution in [2.24, 2.45) is 4.99 Å². The number of methoxy groups -OCH3 is 2. The lowest BCUT2D eigenvalue weighted by atomic mass is 10.2. The van der Waals surface area contributed by atoms with E-state index in [1.54, 1.807) is 14.2 Å². The van der Waals surface area contributed by atoms with Gasteiger partial charge in [-0.15, -0.1) is 0 Å². The van der Waals surface area contributed by atoms with E-state index in [1.165, 1.54) is 22.8 Å². The molecule has 6 nitrogen and oxygen atoms in total. The third kappa shape index (κ3) is 6.23. The second-order valence-electron chi connectivity index (χ2n) is 6.99. The molecule has 0 bridgehead atoms. The van der Waals surface area contributed by atoms with Gasteiger partial charge >= 0.3 is 0 Å². The minimum atomic E-state index is 0.616. The first-order valence-corrected chi connectivity index (χ1v) is 11.5. The number of aliphatic imine (C=N–C) groups is 1. The smallest absolute Gasteiger partial charge is 0.191 e. The van der Waals surface area contributed by atoms with Gasteiger partial charge in [0.15, 0.2) is 5.96 Å². The van der Waals surface area contributed by atoms with Crippen molar-refractivity contribution in [1.82, 2.24) is 10.6 Å². The highest BCUT2D eigenvalue weighted by atomic mass is 32.2. The maximum atomic E-state index is 5.48. The Kier molecular flexibility index (Phi) is 8.56. The van der Waals surface area contributed by atoms with Gasteiger partial charge in [0, 0.05) is 55.0 Å². The van der Waals surface area contributed by atoms with Crippen LogP contribution in [0.2, 0.25) is 0 Å². The second kappa shape index (κ2) is 11.6. The van der Waals surface area contributed by atoms with Crippen LogP contribution in [0.1, 0.15) is 18.1 Å². The molecule has 0 atom stereocenters. The van der Waals surface area contributed by atoms with Crippen LogP contribution < -0.4 is 25.0 Å². The van der Waals surface area contributed by atoms with Gasteiger partial charge in [0.1, 0.15) is 11.5 Å². The van der Waals surface area contributed by atoms with Crippen LogP contribution in [0.4, 0.5) is 5.69 Å². The average Bonchev–Trinajstić information content (AvgIpc) is 2.81. The predicted octanol–water partition coefficient (Wildman–Crippen LogP) is 3.51. The van der Waals surface area contributed by atoms with Crippen molar-refractivity contribution in [2.75, 3.05) is 50.3 Å². The third-order valence-corrected chi connectivity index (χ3v) is 5.96. The van der Waals surface area contributed by atoms with E-state index in [0.717, 1.165) is 42.7 Å². The fraction of sp³-hybridized carbons (Fsp3) is 0.435. The normalized spacial score (nSPS) is 14.4. The lowest BCUT2D eigenvalue weighted by Crippen LogP contribution is -2.36. The molecule has 0 radical (unpaired) electrons. The maximum absolute atomic E-state index is 5.48. The standard InChI is InChI=1S/C23H32N4O2S/c1-4-24-23(26-17-19-7-10-21(28-2)15-22(19)29-3)25-16-18-5-8-20(9-6-18)27-11-13-30-14-12-27/h5-10,15H,4,11-14,16-17H2,1-3H3,(H2,24,25,26). The zero-order valence-corrected chi connectivity index (χ0v) is 18.9. The Morgan fingerprint density at radius 2 is 1.80 bits per heavy atom. The number of rotatable bonds is 8. The first-order chi connectivity index (χ1) is 14.7. The molecular weight excluding hydrogens is 396 g/mol. The van der Waals surface area contributed by atoms with Crippen molar-refractivity contribution < 1.29 is 9.47 Å². The zero-order chi connectivity index (χ0) is 21.2. The minimum absolute atomic E-state index is 0.616. The molecule has 2 aromatic rings. The number of hydrogen-bond acceptors (Lipinski definition) is 5. The Morgan fingerprint density at radius 3 is 2.47 bits per heavy atom. The lowest BCUT2D eigenvalue weighted by Gasteiger charge is -2.28. The molecule has 1 saturated heterocycles. The number of nitrogens with one attached hydrogen (secondary N) is 2. The highest BCUT2D eigenvalue weighted by Gasteiger charge is 2.11. The molecule has 1 heterocycles. The summed E-state index contributed by atoms with van der Waals surface area (Å²) in [4.78, 5) is 7.20. The topological polar surface area (TPSA) is 58.1 Å². The highest BCUT2D eigenvalue weighted by molar-refractivity contribution is 7.99. The van der Waals surface area contributed by atoms with Crippen molar-refractivity contribution in [3.05, 3.63) is 53.6 Å². The van der Waals surface area contributed by atoms with E-state index in [4.69, 9.17) is 14.5 Å². The molecule has 7 heteroatoms. The Bertz CT molecular complexity index is 820. The molecule has 1 fully saturated rings. The van der Waals surface area contributed by atoms with Crippen LogP contribution >= 0.6 is 11.8 Å². The van der Waals surface area contributed by atoms with Crippen LogP contribution in [0.25, 0.3) is 0 Å². The minimum Gasteiger partial charge on any atom is -0.497 e. The summed E-state index contributed by atoms with van der Waals surface area (Å²) in [6, 6.07) is 14.6. The average molecular weight is 429 g/mol. The summed E-state index contributed by atoms with van der Waals surface area (Å²) in [5, 5.41) is 6.70. The van der Waals surface area contributed by atoms with Crippen LogP contribution in [0, 0.1) is 0 Å². The summed E-state index contributed by atoms with van der Waals surface area (Å²) in [5.41, 5.74) is 3.55. The number of hydrogen-bond donors (Lipinski definition) is 2. The van der Waals surface area contributed by atoms with Crippen molar-refractivity contribution in [2.45, 2.75) is 20.0 Å². The number of guanidine groups is 1. The summed E-state index contributed by atoms with van der Waals surface area (Å²) in [5.74, 6) is 4.78. The number of benzene rings is 2. The van der Waals surface area contributed by atoms with E-state index < -0.39 is 0 Å². The van der Waals surface area contributed by atoms with Gasteiger partial charge in [0.2, 0.25) is 0 Å². The predicted molar refractivity (Wildman–Crippen MR) is 127 cm³/mol. The van der Waals surface area contributed by atoms with Gasteiger partial charge in [-0.05, 0) is 36.8 Å². The molecule has 0 spiro atoms. The number of thioether (sulfide) groups is 1. The molecular formula is C23H32N4O2S. The van der Waals surface area contributed by atoms with E-state index in [1.807, 2.05) is 30.0 Å². The summed E-state index contributed by atoms with van der Waals surface area (Å²) in [7, 11) is 3.32. The molecule has 30 heavy (non-hydrogen) atoms. The van der Waals surface area contributed by atoms with Crippen LogP contribution in [-0.4, -0.2) is 51.3 Å². The Labute approximate surface area is 184 Å². The number of anilines is 1. The Morgan fingerprint density at radius 1 is 1.03 bits per heavy atom. The lowest BCUT2D eigenvalue weighted by molar-refractivity contribution is 0.390. The molecule has 3 rings (SSSR count). The summed E-state index contributed by atoms with van der Waals surface area (Å²) in [6.07, 6.45) is 0. The molecule has 0 aliphatic carbocycles. The number of ether oxygens (including phenoxy) is 2. The van der Waals surface area contributed by atoms with Crippen molar-refractivity contribution in [3.63, 3.8) is 0 Å². The molecule has 0 amide bonds. The van der Waals surface area contributed by atoms with Gasteiger partial charge < -0.3 is 25.0 Å². The molecule has 2 aromatic carbocycles. The molecule has 0 saturated carbocycles.